The molecule has 1 aromatic heterocycles. The minimum atomic E-state index is -0.322. The van der Waals surface area contributed by atoms with Gasteiger partial charge in [-0.3, -0.25) is 4.79 Å². The summed E-state index contributed by atoms with van der Waals surface area (Å²) in [7, 11) is 3.13. The molecule has 0 spiro atoms. The first-order valence-corrected chi connectivity index (χ1v) is 12.3. The molecule has 1 aliphatic rings. The Morgan fingerprint density at radius 1 is 0.811 bits per heavy atom. The van der Waals surface area contributed by atoms with Crippen molar-refractivity contribution >= 4 is 29.1 Å². The monoisotopic (exact) mass is 503 g/mol. The molecule has 2 N–H and O–H groups in total. The Kier molecular flexibility index (Phi) is 8.12. The number of nitrogens with zero attached hydrogens (tertiary/aromatic N) is 3. The predicted octanol–water partition coefficient (Wildman–Crippen LogP) is 4.71. The summed E-state index contributed by atoms with van der Waals surface area (Å²) < 4.78 is 10.6. The van der Waals surface area contributed by atoms with Gasteiger partial charge in [0.05, 0.1) is 26.1 Å². The molecule has 0 saturated carbocycles. The number of anilines is 3. The normalized spacial score (nSPS) is 13.5. The molecule has 0 radical (unpaired) electrons. The number of methoxy groups -OCH3 is 2. The Hall–Kier alpha value is -4.27. The van der Waals surface area contributed by atoms with Crippen LogP contribution in [0.5, 0.6) is 11.5 Å². The molecule has 0 bridgehead atoms. The second kappa shape index (κ2) is 11.6. The van der Waals surface area contributed by atoms with Gasteiger partial charge in [-0.05, 0) is 73.9 Å². The van der Waals surface area contributed by atoms with Gasteiger partial charge in [0.1, 0.15) is 5.82 Å². The first-order valence-electron chi connectivity index (χ1n) is 12.3. The van der Waals surface area contributed by atoms with E-state index in [1.165, 1.54) is 5.56 Å². The highest BCUT2D eigenvalue weighted by molar-refractivity contribution is 5.99. The Morgan fingerprint density at radius 3 is 2.27 bits per heavy atom. The van der Waals surface area contributed by atoms with Crippen molar-refractivity contribution < 1.29 is 19.1 Å². The number of urea groups is 1. The van der Waals surface area contributed by atoms with Gasteiger partial charge in [-0.25, -0.2) is 9.78 Å². The van der Waals surface area contributed by atoms with E-state index in [9.17, 15) is 9.59 Å². The second-order valence-corrected chi connectivity index (χ2v) is 8.99. The number of pyridine rings is 1. The van der Waals surface area contributed by atoms with Crippen molar-refractivity contribution in [2.45, 2.75) is 20.3 Å². The maximum absolute atomic E-state index is 13.1. The smallest absolute Gasteiger partial charge is 0.323 e. The molecule has 1 aliphatic heterocycles. The van der Waals surface area contributed by atoms with Gasteiger partial charge >= 0.3 is 6.03 Å². The van der Waals surface area contributed by atoms with Gasteiger partial charge in [0.15, 0.2) is 11.5 Å². The molecule has 0 atom stereocenters. The fourth-order valence-corrected chi connectivity index (χ4v) is 4.26. The average molecular weight is 504 g/mol. The number of amides is 3. The molecular weight excluding hydrogens is 470 g/mol. The topological polar surface area (TPSA) is 96.0 Å². The lowest BCUT2D eigenvalue weighted by atomic mass is 10.1. The second-order valence-electron chi connectivity index (χ2n) is 8.99. The lowest BCUT2D eigenvalue weighted by molar-refractivity contribution is 0.0766. The number of ether oxygens (including phenoxy) is 2. The molecule has 9 nitrogen and oxygen atoms in total. The number of aromatic nitrogens is 1. The molecule has 0 aliphatic carbocycles. The van der Waals surface area contributed by atoms with E-state index in [1.54, 1.807) is 38.6 Å². The van der Waals surface area contributed by atoms with Crippen molar-refractivity contribution in [3.05, 3.63) is 71.4 Å². The molecule has 37 heavy (non-hydrogen) atoms. The Bertz CT molecular complexity index is 1260. The summed E-state index contributed by atoms with van der Waals surface area (Å²) >= 11 is 0. The fraction of sp³-hybridized carbons (Fsp3) is 0.321. The lowest BCUT2D eigenvalue weighted by Gasteiger charge is -2.23. The minimum Gasteiger partial charge on any atom is -0.493 e. The number of rotatable bonds is 6. The number of hydrogen-bond donors (Lipinski definition) is 2. The molecule has 194 valence electrons. The lowest BCUT2D eigenvalue weighted by Crippen LogP contribution is -2.35. The number of benzene rings is 2. The number of hydrogen-bond acceptors (Lipinski definition) is 6. The number of nitrogens with one attached hydrogen (secondary N) is 2. The van der Waals surface area contributed by atoms with E-state index in [-0.39, 0.29) is 11.9 Å². The zero-order chi connectivity index (χ0) is 26.4. The van der Waals surface area contributed by atoms with Gasteiger partial charge < -0.3 is 29.9 Å². The fourth-order valence-electron chi connectivity index (χ4n) is 4.26. The summed E-state index contributed by atoms with van der Waals surface area (Å²) in [5.41, 5.74) is 4.20. The van der Waals surface area contributed by atoms with Gasteiger partial charge in [-0.2, -0.15) is 0 Å². The molecule has 2 aromatic carbocycles. The van der Waals surface area contributed by atoms with E-state index in [1.807, 2.05) is 49.1 Å². The van der Waals surface area contributed by atoms with Crippen LogP contribution in [0.1, 0.15) is 27.9 Å². The predicted molar refractivity (Wildman–Crippen MR) is 145 cm³/mol. The molecule has 9 heteroatoms. The molecule has 3 amide bonds. The SMILES string of the molecule is COc1ccc(C(=O)N2CCCN(c3ccc(NC(=O)Nc4ccc(C)c(C)c4)cn3)CC2)cc1OC. The third-order valence-electron chi connectivity index (χ3n) is 6.51. The van der Waals surface area contributed by atoms with Crippen LogP contribution in [0, 0.1) is 13.8 Å². The van der Waals surface area contributed by atoms with E-state index in [4.69, 9.17) is 9.47 Å². The minimum absolute atomic E-state index is 0.0370. The van der Waals surface area contributed by atoms with E-state index in [2.05, 4.69) is 20.5 Å². The van der Waals surface area contributed by atoms with Crippen LogP contribution in [0.15, 0.2) is 54.7 Å². The summed E-state index contributed by atoms with van der Waals surface area (Å²) in [4.78, 5) is 34.1. The van der Waals surface area contributed by atoms with Crippen LogP contribution < -0.4 is 25.0 Å². The van der Waals surface area contributed by atoms with Crippen LogP contribution in [0.3, 0.4) is 0 Å². The Balaban J connectivity index is 1.34. The highest BCUT2D eigenvalue weighted by atomic mass is 16.5. The van der Waals surface area contributed by atoms with E-state index in [0.29, 0.717) is 42.4 Å². The maximum atomic E-state index is 13.1. The van der Waals surface area contributed by atoms with Crippen molar-refractivity contribution in [1.29, 1.82) is 0 Å². The van der Waals surface area contributed by atoms with Gasteiger partial charge in [-0.15, -0.1) is 0 Å². The first-order chi connectivity index (χ1) is 17.9. The van der Waals surface area contributed by atoms with Crippen LogP contribution in [0.25, 0.3) is 0 Å². The van der Waals surface area contributed by atoms with E-state index in [0.717, 1.165) is 30.0 Å². The number of carbonyl (C=O) groups is 2. The van der Waals surface area contributed by atoms with Gasteiger partial charge in [-0.1, -0.05) is 6.07 Å². The summed E-state index contributed by atoms with van der Waals surface area (Å²) in [5, 5.41) is 5.67. The average Bonchev–Trinajstić information content (AvgIpc) is 3.17. The summed E-state index contributed by atoms with van der Waals surface area (Å²) in [6.45, 7) is 6.71. The van der Waals surface area contributed by atoms with Crippen LogP contribution in [0.4, 0.5) is 22.0 Å². The van der Waals surface area contributed by atoms with Crippen molar-refractivity contribution in [2.75, 3.05) is 55.9 Å². The van der Waals surface area contributed by atoms with Gasteiger partial charge in [0.2, 0.25) is 0 Å². The number of carbonyl (C=O) groups excluding carboxylic acids is 2. The largest absolute Gasteiger partial charge is 0.493 e. The zero-order valence-corrected chi connectivity index (χ0v) is 21.7. The molecule has 0 unspecified atom stereocenters. The van der Waals surface area contributed by atoms with Crippen molar-refractivity contribution in [2.24, 2.45) is 0 Å². The van der Waals surface area contributed by atoms with E-state index < -0.39 is 0 Å². The standard InChI is InChI=1S/C28H33N5O4/c1-19-6-8-22(16-20(19)2)30-28(35)31-23-9-11-26(29-18-23)32-12-5-13-33(15-14-32)27(34)21-7-10-24(36-3)25(17-21)37-4/h6-11,16-18H,5,12-15H2,1-4H3,(H2,30,31,35). The summed E-state index contributed by atoms with van der Waals surface area (Å²) in [6, 6.07) is 14.4. The van der Waals surface area contributed by atoms with E-state index >= 15 is 0 Å². The summed E-state index contributed by atoms with van der Waals surface area (Å²) in [6.07, 6.45) is 2.46. The third-order valence-corrected chi connectivity index (χ3v) is 6.51. The third kappa shape index (κ3) is 6.30. The quantitative estimate of drug-likeness (QED) is 0.506. The maximum Gasteiger partial charge on any atom is 0.323 e. The van der Waals surface area contributed by atoms with Crippen LogP contribution in [-0.4, -0.2) is 62.2 Å². The first kappa shape index (κ1) is 25.8. The van der Waals surface area contributed by atoms with Crippen LogP contribution >= 0.6 is 0 Å². The highest BCUT2D eigenvalue weighted by Gasteiger charge is 2.22. The molecular formula is C28H33N5O4. The van der Waals surface area contributed by atoms with Crippen LogP contribution in [0.2, 0.25) is 0 Å². The Morgan fingerprint density at radius 2 is 1.57 bits per heavy atom. The number of aryl methyl sites for hydroxylation is 2. The van der Waals surface area contributed by atoms with Crippen molar-refractivity contribution in [3.8, 4) is 11.5 Å². The zero-order valence-electron chi connectivity index (χ0n) is 21.7. The van der Waals surface area contributed by atoms with Gasteiger partial charge in [0, 0.05) is 37.4 Å². The molecule has 2 heterocycles. The summed E-state index contributed by atoms with van der Waals surface area (Å²) in [5.74, 6) is 1.89. The molecule has 1 fully saturated rings. The Labute approximate surface area is 217 Å². The van der Waals surface area contributed by atoms with Gasteiger partial charge in [0.25, 0.3) is 5.91 Å². The molecule has 1 saturated heterocycles. The molecule has 3 aromatic rings. The molecule has 4 rings (SSSR count). The van der Waals surface area contributed by atoms with Crippen molar-refractivity contribution in [3.63, 3.8) is 0 Å². The van der Waals surface area contributed by atoms with Crippen molar-refractivity contribution in [1.82, 2.24) is 9.88 Å². The highest BCUT2D eigenvalue weighted by Crippen LogP contribution is 2.28. The van der Waals surface area contributed by atoms with Crippen LogP contribution in [-0.2, 0) is 0 Å².